The first kappa shape index (κ1) is 18.6. The highest BCUT2D eigenvalue weighted by Gasteiger charge is 2.14. The normalized spacial score (nSPS) is 9.88. The summed E-state index contributed by atoms with van der Waals surface area (Å²) in [4.78, 5) is 45.6. The van der Waals surface area contributed by atoms with Gasteiger partial charge in [0, 0.05) is 17.7 Å². The summed E-state index contributed by atoms with van der Waals surface area (Å²) in [5.74, 6) is -1.70. The second kappa shape index (κ2) is 8.38. The summed E-state index contributed by atoms with van der Waals surface area (Å²) < 4.78 is 4.63. The molecule has 0 aliphatic heterocycles. The summed E-state index contributed by atoms with van der Waals surface area (Å²) in [7, 11) is 1.23. The molecule has 0 aliphatic rings. The van der Waals surface area contributed by atoms with Crippen molar-refractivity contribution in [2.75, 3.05) is 19.0 Å². The van der Waals surface area contributed by atoms with Crippen LogP contribution in [0.15, 0.2) is 48.5 Å². The third-order valence-corrected chi connectivity index (χ3v) is 3.36. The van der Waals surface area contributed by atoms with E-state index in [0.29, 0.717) is 0 Å². The molecule has 0 atom stereocenters. The molecule has 0 spiro atoms. The quantitative estimate of drug-likeness (QED) is 0.460. The van der Waals surface area contributed by atoms with Crippen LogP contribution in [0.1, 0.15) is 20.7 Å². The fourth-order valence-corrected chi connectivity index (χ4v) is 2.07. The predicted molar refractivity (Wildman–Crippen MR) is 91.8 cm³/mol. The molecule has 2 aromatic rings. The first-order valence-corrected chi connectivity index (χ1v) is 7.42. The Morgan fingerprint density at radius 2 is 1.73 bits per heavy atom. The SMILES string of the molecule is COC(=O)c1ccccc1NC(=O)CNC(=O)c1ccc([N+](=O)[O-])cc1. The average Bonchev–Trinajstić information content (AvgIpc) is 2.66. The number of carbonyl (C=O) groups excluding carboxylic acids is 3. The number of carbonyl (C=O) groups is 3. The van der Waals surface area contributed by atoms with Crippen molar-refractivity contribution in [2.45, 2.75) is 0 Å². The van der Waals surface area contributed by atoms with Crippen LogP contribution >= 0.6 is 0 Å². The van der Waals surface area contributed by atoms with Crippen molar-refractivity contribution in [2.24, 2.45) is 0 Å². The highest BCUT2D eigenvalue weighted by atomic mass is 16.6. The van der Waals surface area contributed by atoms with Crippen LogP contribution in [0, 0.1) is 10.1 Å². The number of amides is 2. The topological polar surface area (TPSA) is 128 Å². The predicted octanol–water partition coefficient (Wildman–Crippen LogP) is 1.75. The Bertz CT molecular complexity index is 848. The van der Waals surface area contributed by atoms with Crippen molar-refractivity contribution in [3.8, 4) is 0 Å². The third kappa shape index (κ3) is 4.63. The number of rotatable bonds is 6. The number of hydrogen-bond acceptors (Lipinski definition) is 6. The van der Waals surface area contributed by atoms with E-state index in [-0.39, 0.29) is 29.0 Å². The van der Waals surface area contributed by atoms with E-state index >= 15 is 0 Å². The van der Waals surface area contributed by atoms with Crippen LogP contribution in [0.4, 0.5) is 11.4 Å². The minimum absolute atomic E-state index is 0.140. The molecule has 0 unspecified atom stereocenters. The molecule has 9 nitrogen and oxygen atoms in total. The molecule has 2 aromatic carbocycles. The molecule has 134 valence electrons. The van der Waals surface area contributed by atoms with E-state index in [1.54, 1.807) is 12.1 Å². The average molecular weight is 357 g/mol. The zero-order valence-electron chi connectivity index (χ0n) is 13.7. The molecular formula is C17H15N3O6. The lowest BCUT2D eigenvalue weighted by molar-refractivity contribution is -0.384. The molecule has 0 fully saturated rings. The molecule has 0 bridgehead atoms. The minimum atomic E-state index is -0.601. The van der Waals surface area contributed by atoms with Crippen LogP contribution in [0.3, 0.4) is 0 Å². The van der Waals surface area contributed by atoms with E-state index in [9.17, 15) is 24.5 Å². The van der Waals surface area contributed by atoms with E-state index in [1.165, 1.54) is 43.5 Å². The van der Waals surface area contributed by atoms with Gasteiger partial charge in [-0.15, -0.1) is 0 Å². The molecule has 0 saturated carbocycles. The second-order valence-corrected chi connectivity index (χ2v) is 5.07. The maximum absolute atomic E-state index is 12.0. The number of ether oxygens (including phenoxy) is 1. The number of benzene rings is 2. The Kier molecular flexibility index (Phi) is 5.99. The molecule has 0 radical (unpaired) electrons. The van der Waals surface area contributed by atoms with E-state index in [2.05, 4.69) is 15.4 Å². The molecule has 9 heteroatoms. The number of methoxy groups -OCH3 is 1. The summed E-state index contributed by atoms with van der Waals surface area (Å²) in [6.07, 6.45) is 0. The number of para-hydroxylation sites is 1. The van der Waals surface area contributed by atoms with Crippen LogP contribution in [0.2, 0.25) is 0 Å². The van der Waals surface area contributed by atoms with Crippen LogP contribution < -0.4 is 10.6 Å². The Balaban J connectivity index is 1.96. The minimum Gasteiger partial charge on any atom is -0.465 e. The summed E-state index contributed by atoms with van der Waals surface area (Å²) in [5.41, 5.74) is 0.482. The van der Waals surface area contributed by atoms with Gasteiger partial charge in [-0.3, -0.25) is 19.7 Å². The molecule has 0 aliphatic carbocycles. The smallest absolute Gasteiger partial charge is 0.339 e. The molecule has 0 aromatic heterocycles. The number of hydrogen-bond donors (Lipinski definition) is 2. The number of nitrogens with one attached hydrogen (secondary N) is 2. The molecule has 2 N–H and O–H groups in total. The fraction of sp³-hybridized carbons (Fsp3) is 0.118. The van der Waals surface area contributed by atoms with Gasteiger partial charge in [-0.25, -0.2) is 4.79 Å². The zero-order valence-corrected chi connectivity index (χ0v) is 13.7. The standard InChI is InChI=1S/C17H15N3O6/c1-26-17(23)13-4-2-3-5-14(13)19-15(21)10-18-16(22)11-6-8-12(9-7-11)20(24)25/h2-9H,10H2,1H3,(H,18,22)(H,19,21). The van der Waals surface area contributed by atoms with Crippen molar-refractivity contribution >= 4 is 29.2 Å². The van der Waals surface area contributed by atoms with Gasteiger partial charge in [0.25, 0.3) is 11.6 Å². The van der Waals surface area contributed by atoms with Gasteiger partial charge in [-0.1, -0.05) is 12.1 Å². The summed E-state index contributed by atoms with van der Waals surface area (Å²) in [6.45, 7) is -0.342. The van der Waals surface area contributed by atoms with Gasteiger partial charge in [-0.05, 0) is 24.3 Å². The summed E-state index contributed by atoms with van der Waals surface area (Å²) >= 11 is 0. The van der Waals surface area contributed by atoms with Crippen molar-refractivity contribution in [3.05, 3.63) is 69.8 Å². The van der Waals surface area contributed by atoms with Crippen LogP contribution in [0.5, 0.6) is 0 Å². The van der Waals surface area contributed by atoms with Gasteiger partial charge in [0.1, 0.15) is 0 Å². The Morgan fingerprint density at radius 3 is 2.35 bits per heavy atom. The largest absolute Gasteiger partial charge is 0.465 e. The monoisotopic (exact) mass is 357 g/mol. The van der Waals surface area contributed by atoms with Crippen LogP contribution in [-0.4, -0.2) is 36.4 Å². The lowest BCUT2D eigenvalue weighted by Gasteiger charge is -2.10. The molecule has 2 rings (SSSR count). The summed E-state index contributed by atoms with van der Waals surface area (Å²) in [6, 6.07) is 11.3. The number of anilines is 1. The lowest BCUT2D eigenvalue weighted by atomic mass is 10.2. The number of non-ortho nitro benzene ring substituents is 1. The second-order valence-electron chi connectivity index (χ2n) is 5.07. The number of esters is 1. The summed E-state index contributed by atoms with van der Waals surface area (Å²) in [5, 5.41) is 15.5. The van der Waals surface area contributed by atoms with Gasteiger partial charge >= 0.3 is 5.97 Å². The van der Waals surface area contributed by atoms with Gasteiger partial charge in [0.15, 0.2) is 0 Å². The number of nitro groups is 1. The molecule has 0 heterocycles. The lowest BCUT2D eigenvalue weighted by Crippen LogP contribution is -2.33. The Hall–Kier alpha value is -3.75. The van der Waals surface area contributed by atoms with E-state index in [0.717, 1.165) is 0 Å². The third-order valence-electron chi connectivity index (χ3n) is 3.36. The molecular weight excluding hydrogens is 342 g/mol. The van der Waals surface area contributed by atoms with Gasteiger partial charge in [0.05, 0.1) is 29.8 Å². The number of nitrogens with zero attached hydrogens (tertiary/aromatic N) is 1. The fourth-order valence-electron chi connectivity index (χ4n) is 2.07. The first-order chi connectivity index (χ1) is 12.4. The van der Waals surface area contributed by atoms with Crippen LogP contribution in [0.25, 0.3) is 0 Å². The Morgan fingerprint density at radius 1 is 1.08 bits per heavy atom. The van der Waals surface area contributed by atoms with E-state index < -0.39 is 22.7 Å². The van der Waals surface area contributed by atoms with Crippen LogP contribution in [-0.2, 0) is 9.53 Å². The highest BCUT2D eigenvalue weighted by molar-refractivity contribution is 6.03. The van der Waals surface area contributed by atoms with Crippen molar-refractivity contribution in [3.63, 3.8) is 0 Å². The molecule has 0 saturated heterocycles. The van der Waals surface area contributed by atoms with Crippen molar-refractivity contribution in [1.82, 2.24) is 5.32 Å². The van der Waals surface area contributed by atoms with Gasteiger partial charge < -0.3 is 15.4 Å². The van der Waals surface area contributed by atoms with Crippen molar-refractivity contribution < 1.29 is 24.0 Å². The molecule has 2 amide bonds. The Labute approximate surface area is 148 Å². The molecule has 26 heavy (non-hydrogen) atoms. The van der Waals surface area contributed by atoms with Gasteiger partial charge in [0.2, 0.25) is 5.91 Å². The zero-order chi connectivity index (χ0) is 19.1. The maximum Gasteiger partial charge on any atom is 0.339 e. The number of nitro benzene ring substituents is 1. The van der Waals surface area contributed by atoms with E-state index in [1.807, 2.05) is 0 Å². The van der Waals surface area contributed by atoms with Crippen molar-refractivity contribution in [1.29, 1.82) is 0 Å². The first-order valence-electron chi connectivity index (χ1n) is 7.42. The van der Waals surface area contributed by atoms with E-state index in [4.69, 9.17) is 0 Å². The van der Waals surface area contributed by atoms with Gasteiger partial charge in [-0.2, -0.15) is 0 Å². The maximum atomic E-state index is 12.0. The highest BCUT2D eigenvalue weighted by Crippen LogP contribution is 2.16.